The first kappa shape index (κ1) is 12.4. The summed E-state index contributed by atoms with van der Waals surface area (Å²) >= 11 is 0. The zero-order chi connectivity index (χ0) is 12.1. The monoisotopic (exact) mass is 223 g/mol. The summed E-state index contributed by atoms with van der Waals surface area (Å²) in [6, 6.07) is 0. The topological polar surface area (TPSA) is 66.3 Å². The van der Waals surface area contributed by atoms with E-state index in [-0.39, 0.29) is 5.69 Å². The van der Waals surface area contributed by atoms with Crippen LogP contribution >= 0.6 is 0 Å². The number of hydrogen-bond acceptors (Lipinski definition) is 4. The Bertz CT molecular complexity index is 366. The second-order valence-electron chi connectivity index (χ2n) is 4.14. The minimum Gasteiger partial charge on any atom is -0.476 e. The average Bonchev–Trinajstić information content (AvgIpc) is 2.25. The van der Waals surface area contributed by atoms with Crippen LogP contribution in [0.25, 0.3) is 0 Å². The highest BCUT2D eigenvalue weighted by Gasteiger charge is 2.15. The van der Waals surface area contributed by atoms with Crippen molar-refractivity contribution in [2.75, 3.05) is 18.5 Å². The van der Waals surface area contributed by atoms with Gasteiger partial charge in [0.1, 0.15) is 0 Å². The quantitative estimate of drug-likeness (QED) is 0.822. The van der Waals surface area contributed by atoms with Crippen LogP contribution < -0.4 is 4.90 Å². The Kier molecular flexibility index (Phi) is 4.22. The summed E-state index contributed by atoms with van der Waals surface area (Å²) < 4.78 is 0. The third kappa shape index (κ3) is 3.18. The number of anilines is 1. The predicted octanol–water partition coefficient (Wildman–Crippen LogP) is 1.66. The number of carboxylic acids is 1. The van der Waals surface area contributed by atoms with E-state index in [0.29, 0.717) is 11.7 Å². The summed E-state index contributed by atoms with van der Waals surface area (Å²) in [6.45, 7) is 5.03. The van der Waals surface area contributed by atoms with Crippen LogP contribution in [0.15, 0.2) is 12.4 Å². The van der Waals surface area contributed by atoms with E-state index >= 15 is 0 Å². The van der Waals surface area contributed by atoms with Gasteiger partial charge in [0.05, 0.1) is 0 Å². The first-order chi connectivity index (χ1) is 7.52. The van der Waals surface area contributed by atoms with Gasteiger partial charge >= 0.3 is 5.97 Å². The van der Waals surface area contributed by atoms with E-state index in [1.54, 1.807) is 0 Å². The fraction of sp³-hybridized carbons (Fsp3) is 0.545. The van der Waals surface area contributed by atoms with Gasteiger partial charge < -0.3 is 10.0 Å². The lowest BCUT2D eigenvalue weighted by Gasteiger charge is -2.19. The molecule has 0 bridgehead atoms. The van der Waals surface area contributed by atoms with E-state index in [4.69, 9.17) is 5.11 Å². The second-order valence-corrected chi connectivity index (χ2v) is 4.14. The zero-order valence-corrected chi connectivity index (χ0v) is 9.84. The van der Waals surface area contributed by atoms with Gasteiger partial charge in [-0.15, -0.1) is 0 Å². The van der Waals surface area contributed by atoms with Gasteiger partial charge in [0.2, 0.25) is 0 Å². The zero-order valence-electron chi connectivity index (χ0n) is 9.84. The van der Waals surface area contributed by atoms with Crippen molar-refractivity contribution in [2.45, 2.75) is 20.3 Å². The van der Waals surface area contributed by atoms with Gasteiger partial charge in [-0.25, -0.2) is 14.8 Å². The lowest BCUT2D eigenvalue weighted by Crippen LogP contribution is -2.24. The Hall–Kier alpha value is -1.65. The first-order valence-electron chi connectivity index (χ1n) is 5.27. The minimum absolute atomic E-state index is 0.00811. The van der Waals surface area contributed by atoms with Crippen LogP contribution in [0.2, 0.25) is 0 Å². The normalized spacial score (nSPS) is 10.5. The number of aromatic nitrogens is 2. The molecule has 0 radical (unpaired) electrons. The smallest absolute Gasteiger partial charge is 0.358 e. The summed E-state index contributed by atoms with van der Waals surface area (Å²) in [5.41, 5.74) is 0.00811. The number of nitrogens with zero attached hydrogens (tertiary/aromatic N) is 3. The summed E-state index contributed by atoms with van der Waals surface area (Å²) in [4.78, 5) is 20.6. The molecule has 1 heterocycles. The van der Waals surface area contributed by atoms with E-state index in [9.17, 15) is 4.79 Å². The molecule has 0 aliphatic rings. The van der Waals surface area contributed by atoms with Gasteiger partial charge in [0, 0.05) is 26.0 Å². The van der Waals surface area contributed by atoms with E-state index in [1.165, 1.54) is 12.4 Å². The van der Waals surface area contributed by atoms with Crippen LogP contribution in [0.4, 0.5) is 5.82 Å². The van der Waals surface area contributed by atoms with Crippen LogP contribution in [-0.2, 0) is 0 Å². The van der Waals surface area contributed by atoms with Crippen LogP contribution in [0, 0.1) is 5.92 Å². The predicted molar refractivity (Wildman–Crippen MR) is 61.7 cm³/mol. The van der Waals surface area contributed by atoms with Crippen LogP contribution in [0.1, 0.15) is 30.8 Å². The SMILES string of the molecule is CC(C)CCN(C)c1nccnc1C(=O)O. The van der Waals surface area contributed by atoms with Crippen LogP contribution in [0.5, 0.6) is 0 Å². The minimum atomic E-state index is -1.04. The molecule has 0 saturated heterocycles. The molecule has 0 fully saturated rings. The Morgan fingerprint density at radius 2 is 2.06 bits per heavy atom. The van der Waals surface area contributed by atoms with Crippen molar-refractivity contribution < 1.29 is 9.90 Å². The van der Waals surface area contributed by atoms with Gasteiger partial charge in [-0.05, 0) is 12.3 Å². The molecule has 0 aromatic carbocycles. The maximum Gasteiger partial charge on any atom is 0.358 e. The lowest BCUT2D eigenvalue weighted by molar-refractivity contribution is 0.0691. The highest BCUT2D eigenvalue weighted by atomic mass is 16.4. The number of carbonyl (C=O) groups is 1. The maximum atomic E-state index is 10.9. The van der Waals surface area contributed by atoms with Crippen LogP contribution in [0.3, 0.4) is 0 Å². The van der Waals surface area contributed by atoms with Gasteiger partial charge in [-0.1, -0.05) is 13.8 Å². The van der Waals surface area contributed by atoms with Crippen molar-refractivity contribution in [3.05, 3.63) is 18.1 Å². The molecule has 0 aliphatic carbocycles. The third-order valence-electron chi connectivity index (χ3n) is 2.28. The molecule has 0 spiro atoms. The number of rotatable bonds is 5. The molecule has 88 valence electrons. The number of hydrogen-bond donors (Lipinski definition) is 1. The first-order valence-corrected chi connectivity index (χ1v) is 5.27. The van der Waals surface area contributed by atoms with E-state index in [1.807, 2.05) is 11.9 Å². The third-order valence-corrected chi connectivity index (χ3v) is 2.28. The summed E-state index contributed by atoms with van der Waals surface area (Å²) in [5.74, 6) is -0.0393. The lowest BCUT2D eigenvalue weighted by atomic mass is 10.1. The van der Waals surface area contributed by atoms with E-state index in [0.717, 1.165) is 13.0 Å². The van der Waals surface area contributed by atoms with Gasteiger partial charge in [0.25, 0.3) is 0 Å². The van der Waals surface area contributed by atoms with Crippen molar-refractivity contribution >= 4 is 11.8 Å². The molecule has 0 unspecified atom stereocenters. The van der Waals surface area contributed by atoms with Gasteiger partial charge in [0.15, 0.2) is 11.5 Å². The molecule has 0 aliphatic heterocycles. The fourth-order valence-corrected chi connectivity index (χ4v) is 1.32. The Balaban J connectivity index is 2.82. The summed E-state index contributed by atoms with van der Waals surface area (Å²) in [7, 11) is 1.83. The molecule has 1 N–H and O–H groups in total. The molecule has 5 heteroatoms. The van der Waals surface area contributed by atoms with Crippen molar-refractivity contribution in [1.82, 2.24) is 9.97 Å². The molecule has 0 atom stereocenters. The molecule has 1 aromatic heterocycles. The van der Waals surface area contributed by atoms with Crippen molar-refractivity contribution in [1.29, 1.82) is 0 Å². The Labute approximate surface area is 95.1 Å². The summed E-state index contributed by atoms with van der Waals surface area (Å²) in [5, 5.41) is 8.96. The second kappa shape index (κ2) is 5.44. The molecule has 1 aromatic rings. The average molecular weight is 223 g/mol. The molecule has 16 heavy (non-hydrogen) atoms. The molecular formula is C11H17N3O2. The highest BCUT2D eigenvalue weighted by Crippen LogP contribution is 2.14. The van der Waals surface area contributed by atoms with Crippen molar-refractivity contribution in [2.24, 2.45) is 5.92 Å². The Morgan fingerprint density at radius 1 is 1.44 bits per heavy atom. The van der Waals surface area contributed by atoms with E-state index < -0.39 is 5.97 Å². The van der Waals surface area contributed by atoms with Crippen molar-refractivity contribution in [3.8, 4) is 0 Å². The Morgan fingerprint density at radius 3 is 2.62 bits per heavy atom. The van der Waals surface area contributed by atoms with E-state index in [2.05, 4.69) is 23.8 Å². The molecule has 0 amide bonds. The fourth-order valence-electron chi connectivity index (χ4n) is 1.32. The van der Waals surface area contributed by atoms with Crippen LogP contribution in [-0.4, -0.2) is 34.6 Å². The highest BCUT2D eigenvalue weighted by molar-refractivity contribution is 5.90. The molecular weight excluding hydrogens is 206 g/mol. The molecule has 1 rings (SSSR count). The van der Waals surface area contributed by atoms with Gasteiger partial charge in [-0.2, -0.15) is 0 Å². The molecule has 5 nitrogen and oxygen atoms in total. The summed E-state index contributed by atoms with van der Waals surface area (Å²) in [6.07, 6.45) is 3.89. The number of aromatic carboxylic acids is 1. The largest absolute Gasteiger partial charge is 0.476 e. The van der Waals surface area contributed by atoms with Crippen molar-refractivity contribution in [3.63, 3.8) is 0 Å². The molecule has 0 saturated carbocycles. The van der Waals surface area contributed by atoms with Gasteiger partial charge in [-0.3, -0.25) is 0 Å². The maximum absolute atomic E-state index is 10.9. The standard InChI is InChI=1S/C11H17N3O2/c1-8(2)4-7-14(3)10-9(11(15)16)12-5-6-13-10/h5-6,8H,4,7H2,1-3H3,(H,15,16). The number of carboxylic acid groups (broad SMARTS) is 1.